The number of hydrogen-bond acceptors (Lipinski definition) is 5. The summed E-state index contributed by atoms with van der Waals surface area (Å²) >= 11 is 7.56. The second kappa shape index (κ2) is 12.1. The van der Waals surface area contributed by atoms with Gasteiger partial charge in [0.2, 0.25) is 5.91 Å². The fraction of sp³-hybridized carbons (Fsp3) is 0.400. The van der Waals surface area contributed by atoms with Gasteiger partial charge in [-0.2, -0.15) is 0 Å². The van der Waals surface area contributed by atoms with Gasteiger partial charge in [-0.05, 0) is 43.0 Å². The lowest BCUT2D eigenvalue weighted by molar-refractivity contribution is -0.119. The van der Waals surface area contributed by atoms with E-state index in [9.17, 15) is 4.79 Å². The van der Waals surface area contributed by atoms with E-state index in [0.717, 1.165) is 42.5 Å². The first kappa shape index (κ1) is 23.6. The second-order valence-electron chi connectivity index (χ2n) is 8.34. The van der Waals surface area contributed by atoms with Gasteiger partial charge in [-0.3, -0.25) is 4.79 Å². The van der Waals surface area contributed by atoms with Crippen LogP contribution in [0.2, 0.25) is 5.02 Å². The molecule has 1 aromatic heterocycles. The van der Waals surface area contributed by atoms with Gasteiger partial charge in [0, 0.05) is 23.3 Å². The number of carbonyl (C=O) groups excluding carboxylic acids is 1. The zero-order chi connectivity index (χ0) is 22.9. The van der Waals surface area contributed by atoms with E-state index >= 15 is 0 Å². The summed E-state index contributed by atoms with van der Waals surface area (Å²) < 4.78 is 2.11. The average Bonchev–Trinajstić information content (AvgIpc) is 3.23. The molecule has 0 unspecified atom stereocenters. The van der Waals surface area contributed by atoms with Gasteiger partial charge in [0.15, 0.2) is 11.0 Å². The minimum Gasteiger partial charge on any atom is -0.378 e. The summed E-state index contributed by atoms with van der Waals surface area (Å²) in [6, 6.07) is 18.3. The number of halogens is 1. The van der Waals surface area contributed by atoms with E-state index in [1.807, 2.05) is 42.5 Å². The molecule has 4 rings (SSSR count). The summed E-state index contributed by atoms with van der Waals surface area (Å²) in [5.74, 6) is 1.26. The molecule has 0 saturated heterocycles. The van der Waals surface area contributed by atoms with Crippen LogP contribution in [0.25, 0.3) is 0 Å². The largest absolute Gasteiger partial charge is 0.378 e. The number of amides is 1. The number of nitrogens with one attached hydrogen (secondary N) is 2. The Hall–Kier alpha value is -2.51. The smallest absolute Gasteiger partial charge is 0.230 e. The Labute approximate surface area is 204 Å². The van der Waals surface area contributed by atoms with Crippen LogP contribution in [0, 0.1) is 0 Å². The molecule has 33 heavy (non-hydrogen) atoms. The summed E-state index contributed by atoms with van der Waals surface area (Å²) in [6.07, 6.45) is 6.72. The van der Waals surface area contributed by atoms with Crippen LogP contribution in [0.5, 0.6) is 0 Å². The molecule has 1 amide bonds. The molecule has 0 aliphatic heterocycles. The van der Waals surface area contributed by atoms with Crippen LogP contribution < -0.4 is 10.6 Å². The molecule has 0 spiro atoms. The highest BCUT2D eigenvalue weighted by Gasteiger charge is 2.18. The Balaban J connectivity index is 1.41. The molecule has 6 nitrogen and oxygen atoms in total. The first-order valence-corrected chi connectivity index (χ1v) is 12.9. The Morgan fingerprint density at radius 2 is 1.88 bits per heavy atom. The van der Waals surface area contributed by atoms with Crippen LogP contribution in [0.1, 0.15) is 43.5 Å². The summed E-state index contributed by atoms with van der Waals surface area (Å²) in [4.78, 5) is 12.5. The van der Waals surface area contributed by atoms with Gasteiger partial charge in [0.25, 0.3) is 0 Å². The normalized spacial score (nSPS) is 14.2. The van der Waals surface area contributed by atoms with E-state index in [4.69, 9.17) is 11.6 Å². The second-order valence-corrected chi connectivity index (χ2v) is 9.72. The number of rotatable bonds is 10. The average molecular weight is 484 g/mol. The molecule has 1 aliphatic carbocycles. The summed E-state index contributed by atoms with van der Waals surface area (Å²) in [7, 11) is 0. The molecule has 3 aromatic rings. The maximum atomic E-state index is 12.5. The molecule has 174 valence electrons. The van der Waals surface area contributed by atoms with Crippen molar-refractivity contribution in [3.05, 3.63) is 71.0 Å². The molecule has 1 saturated carbocycles. The minimum atomic E-state index is 0.0723. The monoisotopic (exact) mass is 483 g/mol. The first-order chi connectivity index (χ1) is 16.2. The topological polar surface area (TPSA) is 71.8 Å². The third-order valence-electron chi connectivity index (χ3n) is 5.84. The number of aryl methyl sites for hydroxylation is 1. The highest BCUT2D eigenvalue weighted by molar-refractivity contribution is 7.99. The van der Waals surface area contributed by atoms with Crippen molar-refractivity contribution in [2.24, 2.45) is 0 Å². The Morgan fingerprint density at radius 3 is 2.67 bits per heavy atom. The Bertz CT molecular complexity index is 1040. The number of benzene rings is 2. The number of nitrogens with zero attached hydrogens (tertiary/aromatic N) is 3. The molecule has 1 aliphatic rings. The molecule has 0 atom stereocenters. The van der Waals surface area contributed by atoms with E-state index in [1.54, 1.807) is 0 Å². The summed E-state index contributed by atoms with van der Waals surface area (Å²) in [6.45, 7) is 1.27. The van der Waals surface area contributed by atoms with E-state index in [2.05, 4.69) is 37.5 Å². The molecular weight excluding hydrogens is 454 g/mol. The van der Waals surface area contributed by atoms with E-state index < -0.39 is 0 Å². The van der Waals surface area contributed by atoms with Crippen molar-refractivity contribution < 1.29 is 4.79 Å². The van der Waals surface area contributed by atoms with E-state index in [0.29, 0.717) is 23.4 Å². The lowest BCUT2D eigenvalue weighted by atomic mass is 9.95. The molecule has 1 heterocycles. The van der Waals surface area contributed by atoms with Crippen molar-refractivity contribution >= 4 is 35.0 Å². The van der Waals surface area contributed by atoms with Crippen molar-refractivity contribution in [3.63, 3.8) is 0 Å². The van der Waals surface area contributed by atoms with E-state index in [-0.39, 0.29) is 5.91 Å². The van der Waals surface area contributed by atoms with Crippen LogP contribution in [0.3, 0.4) is 0 Å². The molecule has 2 N–H and O–H groups in total. The van der Waals surface area contributed by atoms with Crippen LogP contribution >= 0.6 is 23.4 Å². The number of carbonyl (C=O) groups is 1. The van der Waals surface area contributed by atoms with Crippen LogP contribution in [0.15, 0.2) is 59.8 Å². The van der Waals surface area contributed by atoms with Crippen LogP contribution in [-0.4, -0.2) is 32.5 Å². The zero-order valence-electron chi connectivity index (χ0n) is 18.7. The van der Waals surface area contributed by atoms with Gasteiger partial charge >= 0.3 is 0 Å². The van der Waals surface area contributed by atoms with Gasteiger partial charge in [-0.1, -0.05) is 79.0 Å². The van der Waals surface area contributed by atoms with Crippen LogP contribution in [0.4, 0.5) is 5.69 Å². The minimum absolute atomic E-state index is 0.0723. The maximum absolute atomic E-state index is 12.5. The standard InChI is InChI=1S/C25H30ClN5OS/c26-20-10-7-13-22(16-20)27-17-23-29-30-25(31(23)15-14-19-8-3-1-4-9-19)33-18-24(32)28-21-11-5-2-6-12-21/h1,3-4,7-10,13,16,21,27H,2,5-6,11-12,14-15,17-18H2,(H,28,32). The zero-order valence-corrected chi connectivity index (χ0v) is 20.2. The number of anilines is 1. The Kier molecular flexibility index (Phi) is 8.66. The van der Waals surface area contributed by atoms with Gasteiger partial charge in [-0.25, -0.2) is 0 Å². The van der Waals surface area contributed by atoms with Crippen molar-refractivity contribution in [2.75, 3.05) is 11.1 Å². The van der Waals surface area contributed by atoms with Crippen molar-refractivity contribution in [1.29, 1.82) is 0 Å². The third-order valence-corrected chi connectivity index (χ3v) is 7.04. The summed E-state index contributed by atoms with van der Waals surface area (Å²) in [5.41, 5.74) is 2.19. The number of aromatic nitrogens is 3. The lowest BCUT2D eigenvalue weighted by Crippen LogP contribution is -2.37. The maximum Gasteiger partial charge on any atom is 0.230 e. The summed E-state index contributed by atoms with van der Waals surface area (Å²) in [5, 5.41) is 16.8. The molecule has 8 heteroatoms. The first-order valence-electron chi connectivity index (χ1n) is 11.5. The SMILES string of the molecule is O=C(CSc1nnc(CNc2cccc(Cl)c2)n1CCc1ccccc1)NC1CCCCC1. The lowest BCUT2D eigenvalue weighted by Gasteiger charge is -2.22. The molecular formula is C25H30ClN5OS. The predicted molar refractivity (Wildman–Crippen MR) is 135 cm³/mol. The number of hydrogen-bond donors (Lipinski definition) is 2. The van der Waals surface area contributed by atoms with Gasteiger partial charge < -0.3 is 15.2 Å². The molecule has 0 radical (unpaired) electrons. The third kappa shape index (κ3) is 7.24. The fourth-order valence-electron chi connectivity index (χ4n) is 4.09. The number of thioether (sulfide) groups is 1. The molecule has 0 bridgehead atoms. The van der Waals surface area contributed by atoms with Gasteiger partial charge in [-0.15, -0.1) is 10.2 Å². The van der Waals surface area contributed by atoms with Crippen molar-refractivity contribution in [3.8, 4) is 0 Å². The fourth-order valence-corrected chi connectivity index (χ4v) is 5.08. The van der Waals surface area contributed by atoms with Gasteiger partial charge in [0.1, 0.15) is 0 Å². The predicted octanol–water partition coefficient (Wildman–Crippen LogP) is 5.33. The Morgan fingerprint density at radius 1 is 1.06 bits per heavy atom. The molecule has 1 fully saturated rings. The molecule has 2 aromatic carbocycles. The highest BCUT2D eigenvalue weighted by Crippen LogP contribution is 2.21. The quantitative estimate of drug-likeness (QED) is 0.381. The van der Waals surface area contributed by atoms with Gasteiger partial charge in [0.05, 0.1) is 12.3 Å². The van der Waals surface area contributed by atoms with Crippen molar-refractivity contribution in [1.82, 2.24) is 20.1 Å². The van der Waals surface area contributed by atoms with Crippen LogP contribution in [-0.2, 0) is 24.3 Å². The van der Waals surface area contributed by atoms with E-state index in [1.165, 1.54) is 36.6 Å². The highest BCUT2D eigenvalue weighted by atomic mass is 35.5. The van der Waals surface area contributed by atoms with Crippen molar-refractivity contribution in [2.45, 2.75) is 62.8 Å².